The Morgan fingerprint density at radius 1 is 1.23 bits per heavy atom. The molecule has 158 valence electrons. The van der Waals surface area contributed by atoms with E-state index in [1.54, 1.807) is 42.1 Å². The van der Waals surface area contributed by atoms with Gasteiger partial charge in [0, 0.05) is 24.4 Å². The van der Waals surface area contributed by atoms with Crippen LogP contribution in [0, 0.1) is 13.8 Å². The van der Waals surface area contributed by atoms with Crippen LogP contribution in [-0.4, -0.2) is 46.9 Å². The fourth-order valence-electron chi connectivity index (χ4n) is 2.76. The first-order valence-electron chi connectivity index (χ1n) is 9.17. The zero-order chi connectivity index (χ0) is 21.7. The highest BCUT2D eigenvalue weighted by molar-refractivity contribution is 5.90. The Labute approximate surface area is 172 Å². The summed E-state index contributed by atoms with van der Waals surface area (Å²) >= 11 is 0. The van der Waals surface area contributed by atoms with Crippen LogP contribution >= 0.6 is 0 Å². The summed E-state index contributed by atoms with van der Waals surface area (Å²) < 4.78 is 17.5. The summed E-state index contributed by atoms with van der Waals surface area (Å²) in [5, 5.41) is 4.24. The Kier molecular flexibility index (Phi) is 6.35. The molecule has 2 aromatic rings. The number of esters is 1. The van der Waals surface area contributed by atoms with Gasteiger partial charge in [-0.2, -0.15) is 5.10 Å². The van der Waals surface area contributed by atoms with Crippen LogP contribution in [0.1, 0.15) is 17.0 Å². The van der Waals surface area contributed by atoms with Crippen LogP contribution < -0.4 is 20.3 Å². The number of aromatic nitrogens is 2. The number of carbonyl (C=O) groups excluding carboxylic acids is 3. The summed E-state index contributed by atoms with van der Waals surface area (Å²) in [4.78, 5) is 35.7. The molecule has 0 spiro atoms. The lowest BCUT2D eigenvalue weighted by Crippen LogP contribution is -2.51. The molecule has 2 N–H and O–H groups in total. The van der Waals surface area contributed by atoms with Crippen LogP contribution in [0.5, 0.6) is 11.5 Å². The Balaban J connectivity index is 1.41. The van der Waals surface area contributed by atoms with Crippen molar-refractivity contribution in [3.63, 3.8) is 0 Å². The normalized spacial score (nSPS) is 15.0. The van der Waals surface area contributed by atoms with E-state index in [0.717, 1.165) is 17.0 Å². The molecule has 2 heterocycles. The van der Waals surface area contributed by atoms with Gasteiger partial charge >= 0.3 is 5.97 Å². The summed E-state index contributed by atoms with van der Waals surface area (Å²) in [6.07, 6.45) is 1.88. The van der Waals surface area contributed by atoms with Gasteiger partial charge in [-0.15, -0.1) is 0 Å². The third-order valence-electron chi connectivity index (χ3n) is 4.42. The van der Waals surface area contributed by atoms with Gasteiger partial charge in [0.15, 0.2) is 18.1 Å². The van der Waals surface area contributed by atoms with Crippen LogP contribution in [0.2, 0.25) is 0 Å². The summed E-state index contributed by atoms with van der Waals surface area (Å²) in [5.41, 5.74) is 6.86. The number of hydrogen-bond acceptors (Lipinski definition) is 7. The van der Waals surface area contributed by atoms with Crippen molar-refractivity contribution >= 4 is 23.9 Å². The largest absolute Gasteiger partial charge is 0.485 e. The van der Waals surface area contributed by atoms with Crippen LogP contribution in [0.25, 0.3) is 6.08 Å². The minimum absolute atomic E-state index is 0.00563. The molecule has 0 radical (unpaired) electrons. The van der Waals surface area contributed by atoms with Gasteiger partial charge in [0.2, 0.25) is 6.10 Å². The van der Waals surface area contributed by atoms with E-state index in [1.165, 1.54) is 6.08 Å². The highest BCUT2D eigenvalue weighted by Gasteiger charge is 2.27. The molecule has 10 nitrogen and oxygen atoms in total. The predicted octanol–water partition coefficient (Wildman–Crippen LogP) is 0.581. The van der Waals surface area contributed by atoms with Gasteiger partial charge in [-0.05, 0) is 32.1 Å². The van der Waals surface area contributed by atoms with Crippen molar-refractivity contribution < 1.29 is 28.6 Å². The van der Waals surface area contributed by atoms with Gasteiger partial charge in [-0.3, -0.25) is 25.1 Å². The van der Waals surface area contributed by atoms with E-state index in [9.17, 15) is 14.4 Å². The number of fused-ring (bicyclic) bond motifs is 1. The Morgan fingerprint density at radius 3 is 2.67 bits per heavy atom. The Hall–Kier alpha value is -3.82. The standard InChI is InChI=1S/C20H22N4O6/c1-12-14(13(2)24(3)23-12)8-9-19(26)29-11-18(25)21-22-20(27)17-10-28-15-6-4-5-7-16(15)30-17/h4-9,17H,10-11H2,1-3H3,(H,21,25)(H,22,27)/b9-8+/t17-/m1/s1. The van der Waals surface area contributed by atoms with Crippen molar-refractivity contribution in [3.8, 4) is 11.5 Å². The molecule has 0 bridgehead atoms. The third-order valence-corrected chi connectivity index (χ3v) is 4.42. The zero-order valence-electron chi connectivity index (χ0n) is 16.8. The second-order valence-electron chi connectivity index (χ2n) is 6.55. The molecule has 30 heavy (non-hydrogen) atoms. The number of nitrogens with zero attached hydrogens (tertiary/aromatic N) is 2. The van der Waals surface area contributed by atoms with E-state index in [4.69, 9.17) is 14.2 Å². The van der Waals surface area contributed by atoms with E-state index in [0.29, 0.717) is 11.5 Å². The maximum absolute atomic E-state index is 12.1. The number of aryl methyl sites for hydroxylation is 2. The molecular formula is C20H22N4O6. The molecule has 3 rings (SSSR count). The number of rotatable bonds is 5. The van der Waals surface area contributed by atoms with Crippen molar-refractivity contribution in [2.24, 2.45) is 7.05 Å². The molecule has 1 aromatic heterocycles. The average Bonchev–Trinajstić information content (AvgIpc) is 2.99. The lowest BCUT2D eigenvalue weighted by Gasteiger charge is -2.25. The quantitative estimate of drug-likeness (QED) is 0.417. The summed E-state index contributed by atoms with van der Waals surface area (Å²) in [6, 6.07) is 6.95. The second-order valence-corrected chi connectivity index (χ2v) is 6.55. The SMILES string of the molecule is Cc1nn(C)c(C)c1/C=C/C(=O)OCC(=O)NNC(=O)[C@H]1COc2ccccc2O1. The molecular weight excluding hydrogens is 392 g/mol. The molecule has 1 aliphatic rings. The van der Waals surface area contributed by atoms with E-state index >= 15 is 0 Å². The molecule has 0 fully saturated rings. The Bertz CT molecular complexity index is 997. The first-order valence-corrected chi connectivity index (χ1v) is 9.17. The minimum atomic E-state index is -0.920. The maximum Gasteiger partial charge on any atom is 0.331 e. The number of nitrogens with one attached hydrogen (secondary N) is 2. The van der Waals surface area contributed by atoms with E-state index in [-0.39, 0.29) is 6.61 Å². The third kappa shape index (κ3) is 4.96. The number of hydrogen-bond donors (Lipinski definition) is 2. The monoisotopic (exact) mass is 414 g/mol. The first-order chi connectivity index (χ1) is 14.3. The smallest absolute Gasteiger partial charge is 0.331 e. The molecule has 1 atom stereocenters. The van der Waals surface area contributed by atoms with Crippen molar-refractivity contribution in [1.29, 1.82) is 0 Å². The summed E-state index contributed by atoms with van der Waals surface area (Å²) in [7, 11) is 1.81. The fourth-order valence-corrected chi connectivity index (χ4v) is 2.76. The molecule has 0 unspecified atom stereocenters. The topological polar surface area (TPSA) is 121 Å². The van der Waals surface area contributed by atoms with Crippen LogP contribution in [-0.2, 0) is 26.2 Å². The molecule has 1 aromatic carbocycles. The lowest BCUT2D eigenvalue weighted by molar-refractivity contribution is -0.145. The van der Waals surface area contributed by atoms with E-state index in [1.807, 2.05) is 13.8 Å². The number of ether oxygens (including phenoxy) is 3. The van der Waals surface area contributed by atoms with Crippen LogP contribution in [0.4, 0.5) is 0 Å². The highest BCUT2D eigenvalue weighted by Crippen LogP contribution is 2.30. The first kappa shape index (κ1) is 20.9. The molecule has 2 amide bonds. The average molecular weight is 414 g/mol. The van der Waals surface area contributed by atoms with Crippen molar-refractivity contribution in [2.75, 3.05) is 13.2 Å². The highest BCUT2D eigenvalue weighted by atomic mass is 16.6. The summed E-state index contributed by atoms with van der Waals surface area (Å²) in [5.74, 6) is -1.00. The van der Waals surface area contributed by atoms with Gasteiger partial charge in [0.25, 0.3) is 11.8 Å². The van der Waals surface area contributed by atoms with Gasteiger partial charge in [0.05, 0.1) is 5.69 Å². The second kappa shape index (κ2) is 9.12. The summed E-state index contributed by atoms with van der Waals surface area (Å²) in [6.45, 7) is 3.15. The molecule has 1 aliphatic heterocycles. The Morgan fingerprint density at radius 2 is 1.97 bits per heavy atom. The predicted molar refractivity (Wildman–Crippen MR) is 105 cm³/mol. The molecule has 0 saturated heterocycles. The van der Waals surface area contributed by atoms with E-state index in [2.05, 4.69) is 16.0 Å². The minimum Gasteiger partial charge on any atom is -0.485 e. The maximum atomic E-state index is 12.1. The van der Waals surface area contributed by atoms with Crippen molar-refractivity contribution in [1.82, 2.24) is 20.6 Å². The number of para-hydroxylation sites is 2. The van der Waals surface area contributed by atoms with Crippen LogP contribution in [0.3, 0.4) is 0 Å². The molecule has 0 saturated carbocycles. The number of carbonyl (C=O) groups is 3. The van der Waals surface area contributed by atoms with Crippen molar-refractivity contribution in [2.45, 2.75) is 20.0 Å². The van der Waals surface area contributed by atoms with Crippen LogP contribution in [0.15, 0.2) is 30.3 Å². The molecule has 0 aliphatic carbocycles. The number of hydrazine groups is 1. The van der Waals surface area contributed by atoms with Gasteiger partial charge in [0.1, 0.15) is 6.61 Å². The van der Waals surface area contributed by atoms with E-state index < -0.39 is 30.5 Å². The van der Waals surface area contributed by atoms with Crippen molar-refractivity contribution in [3.05, 3.63) is 47.3 Å². The van der Waals surface area contributed by atoms with Gasteiger partial charge in [-0.25, -0.2) is 4.79 Å². The molecule has 10 heteroatoms. The zero-order valence-corrected chi connectivity index (χ0v) is 16.8. The number of amides is 2. The number of benzene rings is 1. The van der Waals surface area contributed by atoms with Gasteiger partial charge in [-0.1, -0.05) is 12.1 Å². The lowest BCUT2D eigenvalue weighted by atomic mass is 10.2. The van der Waals surface area contributed by atoms with Gasteiger partial charge < -0.3 is 14.2 Å². The fraction of sp³-hybridized carbons (Fsp3) is 0.300.